The lowest BCUT2D eigenvalue weighted by molar-refractivity contribution is -0.115. The number of thiazole rings is 1. The zero-order valence-corrected chi connectivity index (χ0v) is 13.2. The first-order valence-electron chi connectivity index (χ1n) is 6.68. The predicted molar refractivity (Wildman–Crippen MR) is 84.9 cm³/mol. The molecule has 2 aromatic rings. The lowest BCUT2D eigenvalue weighted by Gasteiger charge is -2.13. The van der Waals surface area contributed by atoms with Gasteiger partial charge in [0.2, 0.25) is 5.91 Å². The molecule has 0 radical (unpaired) electrons. The number of carbonyl (C=O) groups excluding carboxylic acids is 1. The largest absolute Gasteiger partial charge is 0.495 e. The number of benzene rings is 1. The van der Waals surface area contributed by atoms with E-state index >= 15 is 0 Å². The summed E-state index contributed by atoms with van der Waals surface area (Å²) < 4.78 is 5.20. The standard InChI is InChI=1S/C15H19N3O2S/c1-10-9-21-15(17-10)11(2)16-8-14(19)18-12-6-4-5-7-13(12)20-3/h4-7,9,11,16H,8H2,1-3H3,(H,18,19). The van der Waals surface area contributed by atoms with Crippen molar-refractivity contribution >= 4 is 22.9 Å². The first-order chi connectivity index (χ1) is 10.1. The number of hydrogen-bond donors (Lipinski definition) is 2. The highest BCUT2D eigenvalue weighted by Crippen LogP contribution is 2.23. The van der Waals surface area contributed by atoms with E-state index in [0.29, 0.717) is 11.4 Å². The van der Waals surface area contributed by atoms with Gasteiger partial charge in [-0.05, 0) is 26.0 Å². The fourth-order valence-corrected chi connectivity index (χ4v) is 2.67. The summed E-state index contributed by atoms with van der Waals surface area (Å²) in [6.45, 7) is 4.17. The van der Waals surface area contributed by atoms with Crippen molar-refractivity contribution in [3.63, 3.8) is 0 Å². The van der Waals surface area contributed by atoms with Gasteiger partial charge in [0.1, 0.15) is 10.8 Å². The molecule has 1 aromatic carbocycles. The zero-order chi connectivity index (χ0) is 15.2. The number of nitrogens with zero attached hydrogens (tertiary/aromatic N) is 1. The SMILES string of the molecule is COc1ccccc1NC(=O)CNC(C)c1nc(C)cs1. The van der Waals surface area contributed by atoms with Gasteiger partial charge in [-0.3, -0.25) is 10.1 Å². The number of aryl methyl sites for hydroxylation is 1. The summed E-state index contributed by atoms with van der Waals surface area (Å²) in [5.74, 6) is 0.536. The van der Waals surface area contributed by atoms with Gasteiger partial charge >= 0.3 is 0 Å². The zero-order valence-electron chi connectivity index (χ0n) is 12.3. The molecule has 0 saturated carbocycles. The molecule has 6 heteroatoms. The van der Waals surface area contributed by atoms with Crippen LogP contribution in [0.1, 0.15) is 23.7 Å². The minimum absolute atomic E-state index is 0.0483. The van der Waals surface area contributed by atoms with E-state index in [1.165, 1.54) is 0 Å². The number of methoxy groups -OCH3 is 1. The molecular formula is C15H19N3O2S. The van der Waals surface area contributed by atoms with Gasteiger partial charge in [0.15, 0.2) is 0 Å². The molecule has 0 aliphatic heterocycles. The molecule has 0 fully saturated rings. The molecule has 0 saturated heterocycles. The van der Waals surface area contributed by atoms with Gasteiger partial charge in [0.05, 0.1) is 25.4 Å². The third-order valence-corrected chi connectivity index (χ3v) is 4.10. The molecule has 0 aliphatic carbocycles. The number of carbonyl (C=O) groups is 1. The van der Waals surface area contributed by atoms with E-state index in [-0.39, 0.29) is 18.5 Å². The van der Waals surface area contributed by atoms with Gasteiger partial charge in [0.25, 0.3) is 0 Å². The molecule has 2 rings (SSSR count). The second-order valence-electron chi connectivity index (χ2n) is 4.68. The topological polar surface area (TPSA) is 63.2 Å². The lowest BCUT2D eigenvalue weighted by Crippen LogP contribution is -2.30. The third kappa shape index (κ3) is 4.27. The number of nitrogens with one attached hydrogen (secondary N) is 2. The summed E-state index contributed by atoms with van der Waals surface area (Å²) in [5.41, 5.74) is 1.67. The minimum Gasteiger partial charge on any atom is -0.495 e. The van der Waals surface area contributed by atoms with Gasteiger partial charge in [-0.1, -0.05) is 12.1 Å². The fraction of sp³-hybridized carbons (Fsp3) is 0.333. The molecule has 21 heavy (non-hydrogen) atoms. The Hall–Kier alpha value is -1.92. The van der Waals surface area contributed by atoms with Crippen LogP contribution in [0.15, 0.2) is 29.6 Å². The highest BCUT2D eigenvalue weighted by molar-refractivity contribution is 7.09. The molecule has 1 atom stereocenters. The van der Waals surface area contributed by atoms with Crippen molar-refractivity contribution in [3.8, 4) is 5.75 Å². The number of para-hydroxylation sites is 2. The van der Waals surface area contributed by atoms with Gasteiger partial charge < -0.3 is 10.1 Å². The Labute approximate surface area is 128 Å². The number of rotatable bonds is 6. The predicted octanol–water partition coefficient (Wildman–Crippen LogP) is 2.75. The lowest BCUT2D eigenvalue weighted by atomic mass is 10.3. The van der Waals surface area contributed by atoms with Crippen molar-refractivity contribution in [1.29, 1.82) is 0 Å². The molecule has 2 N–H and O–H groups in total. The molecule has 1 aromatic heterocycles. The van der Waals surface area contributed by atoms with E-state index in [2.05, 4.69) is 15.6 Å². The Balaban J connectivity index is 1.87. The number of amides is 1. The summed E-state index contributed by atoms with van der Waals surface area (Å²) in [6.07, 6.45) is 0. The van der Waals surface area contributed by atoms with Crippen LogP contribution in [-0.2, 0) is 4.79 Å². The summed E-state index contributed by atoms with van der Waals surface area (Å²) in [5, 5.41) is 8.98. The molecule has 1 heterocycles. The van der Waals surface area contributed by atoms with Gasteiger partial charge in [-0.25, -0.2) is 4.98 Å². The van der Waals surface area contributed by atoms with Crippen LogP contribution < -0.4 is 15.4 Å². The summed E-state index contributed by atoms with van der Waals surface area (Å²) in [7, 11) is 1.58. The minimum atomic E-state index is -0.111. The van der Waals surface area contributed by atoms with E-state index in [1.54, 1.807) is 18.4 Å². The fourth-order valence-electron chi connectivity index (χ4n) is 1.85. The number of anilines is 1. The molecule has 1 unspecified atom stereocenters. The van der Waals surface area contributed by atoms with Crippen LogP contribution in [0, 0.1) is 6.92 Å². The van der Waals surface area contributed by atoms with Crippen LogP contribution in [0.2, 0.25) is 0 Å². The Morgan fingerprint density at radius 2 is 2.19 bits per heavy atom. The maximum Gasteiger partial charge on any atom is 0.238 e. The number of hydrogen-bond acceptors (Lipinski definition) is 5. The molecule has 0 spiro atoms. The third-order valence-electron chi connectivity index (χ3n) is 2.96. The number of aromatic nitrogens is 1. The molecular weight excluding hydrogens is 286 g/mol. The summed E-state index contributed by atoms with van der Waals surface area (Å²) in [4.78, 5) is 16.4. The average molecular weight is 305 g/mol. The Bertz CT molecular complexity index is 612. The van der Waals surface area contributed by atoms with Crippen molar-refractivity contribution in [2.75, 3.05) is 19.0 Å². The first kappa shape index (κ1) is 15.5. The van der Waals surface area contributed by atoms with E-state index < -0.39 is 0 Å². The maximum absolute atomic E-state index is 12.0. The second kappa shape index (κ2) is 7.19. The van der Waals surface area contributed by atoms with Crippen molar-refractivity contribution < 1.29 is 9.53 Å². The number of ether oxygens (including phenoxy) is 1. The highest BCUT2D eigenvalue weighted by atomic mass is 32.1. The first-order valence-corrected chi connectivity index (χ1v) is 7.56. The smallest absolute Gasteiger partial charge is 0.238 e. The normalized spacial score (nSPS) is 12.0. The van der Waals surface area contributed by atoms with E-state index in [1.807, 2.05) is 43.5 Å². The second-order valence-corrected chi connectivity index (χ2v) is 5.57. The van der Waals surface area contributed by atoms with Crippen molar-refractivity contribution in [1.82, 2.24) is 10.3 Å². The van der Waals surface area contributed by atoms with Crippen LogP contribution in [0.3, 0.4) is 0 Å². The molecule has 112 valence electrons. The van der Waals surface area contributed by atoms with Crippen LogP contribution in [0.25, 0.3) is 0 Å². The average Bonchev–Trinajstić information content (AvgIpc) is 2.92. The van der Waals surface area contributed by atoms with Gasteiger partial charge in [0, 0.05) is 11.1 Å². The van der Waals surface area contributed by atoms with Crippen molar-refractivity contribution in [2.24, 2.45) is 0 Å². The monoisotopic (exact) mass is 305 g/mol. The van der Waals surface area contributed by atoms with E-state index in [4.69, 9.17) is 4.74 Å². The summed E-state index contributed by atoms with van der Waals surface area (Å²) in [6, 6.07) is 7.38. The molecule has 0 aliphatic rings. The Morgan fingerprint density at radius 1 is 1.43 bits per heavy atom. The molecule has 1 amide bonds. The van der Waals surface area contributed by atoms with Crippen LogP contribution in [-0.4, -0.2) is 24.5 Å². The van der Waals surface area contributed by atoms with Crippen molar-refractivity contribution in [2.45, 2.75) is 19.9 Å². The van der Waals surface area contributed by atoms with E-state index in [9.17, 15) is 4.79 Å². The quantitative estimate of drug-likeness (QED) is 0.861. The summed E-state index contributed by atoms with van der Waals surface area (Å²) >= 11 is 1.59. The highest BCUT2D eigenvalue weighted by Gasteiger charge is 2.12. The Morgan fingerprint density at radius 3 is 2.86 bits per heavy atom. The molecule has 5 nitrogen and oxygen atoms in total. The van der Waals surface area contributed by atoms with Gasteiger partial charge in [-0.15, -0.1) is 11.3 Å². The van der Waals surface area contributed by atoms with E-state index in [0.717, 1.165) is 10.7 Å². The van der Waals surface area contributed by atoms with Crippen molar-refractivity contribution in [3.05, 3.63) is 40.3 Å². The van der Waals surface area contributed by atoms with Crippen LogP contribution in [0.5, 0.6) is 5.75 Å². The van der Waals surface area contributed by atoms with Crippen LogP contribution >= 0.6 is 11.3 Å². The van der Waals surface area contributed by atoms with Gasteiger partial charge in [-0.2, -0.15) is 0 Å². The molecule has 0 bridgehead atoms. The Kier molecular flexibility index (Phi) is 5.30. The maximum atomic E-state index is 12.0. The van der Waals surface area contributed by atoms with Crippen LogP contribution in [0.4, 0.5) is 5.69 Å².